The summed E-state index contributed by atoms with van der Waals surface area (Å²) in [5.41, 5.74) is -0.685. The van der Waals surface area contributed by atoms with Gasteiger partial charge in [0.1, 0.15) is 6.04 Å². The number of para-hydroxylation sites is 1. The van der Waals surface area contributed by atoms with Gasteiger partial charge < -0.3 is 20.3 Å². The number of phenols is 1. The van der Waals surface area contributed by atoms with Gasteiger partial charge in [-0.1, -0.05) is 26.8 Å². The van der Waals surface area contributed by atoms with Crippen LogP contribution in [0.15, 0.2) is 18.2 Å². The average molecular weight is 281 g/mol. The molecule has 0 fully saturated rings. The van der Waals surface area contributed by atoms with E-state index in [0.717, 1.165) is 0 Å². The first kappa shape index (κ1) is 15.8. The first-order valence-corrected chi connectivity index (χ1v) is 6.08. The van der Waals surface area contributed by atoms with Gasteiger partial charge in [0.25, 0.3) is 5.91 Å². The summed E-state index contributed by atoms with van der Waals surface area (Å²) in [6.45, 7) is 5.12. The normalized spacial score (nSPS) is 12.6. The Morgan fingerprint density at radius 2 is 1.90 bits per heavy atom. The van der Waals surface area contributed by atoms with Gasteiger partial charge in [-0.25, -0.2) is 4.79 Å². The van der Waals surface area contributed by atoms with E-state index in [1.54, 1.807) is 26.8 Å². The van der Waals surface area contributed by atoms with Crippen molar-refractivity contribution in [2.75, 3.05) is 7.11 Å². The summed E-state index contributed by atoms with van der Waals surface area (Å²) in [5.74, 6) is -1.96. The Kier molecular flexibility index (Phi) is 4.60. The number of carbonyl (C=O) groups is 2. The van der Waals surface area contributed by atoms with Crippen molar-refractivity contribution in [2.24, 2.45) is 5.41 Å². The molecule has 6 nitrogen and oxygen atoms in total. The zero-order valence-corrected chi connectivity index (χ0v) is 11.9. The second-order valence-electron chi connectivity index (χ2n) is 5.47. The molecule has 0 bridgehead atoms. The van der Waals surface area contributed by atoms with E-state index in [-0.39, 0.29) is 17.1 Å². The Hall–Kier alpha value is -2.24. The van der Waals surface area contributed by atoms with Crippen molar-refractivity contribution >= 4 is 11.9 Å². The van der Waals surface area contributed by atoms with Crippen molar-refractivity contribution in [1.29, 1.82) is 0 Å². The minimum Gasteiger partial charge on any atom is -0.504 e. The van der Waals surface area contributed by atoms with E-state index in [1.807, 2.05) is 0 Å². The molecule has 0 aliphatic rings. The molecule has 1 rings (SSSR count). The molecule has 0 unspecified atom stereocenters. The second-order valence-corrected chi connectivity index (χ2v) is 5.47. The van der Waals surface area contributed by atoms with Crippen LogP contribution in [0.1, 0.15) is 31.1 Å². The van der Waals surface area contributed by atoms with Gasteiger partial charge in [0.15, 0.2) is 11.5 Å². The van der Waals surface area contributed by atoms with Gasteiger partial charge in [-0.3, -0.25) is 4.79 Å². The monoisotopic (exact) mass is 281 g/mol. The summed E-state index contributed by atoms with van der Waals surface area (Å²) in [6.07, 6.45) is 0. The Morgan fingerprint density at radius 3 is 2.35 bits per heavy atom. The van der Waals surface area contributed by atoms with Crippen LogP contribution in [-0.4, -0.2) is 35.2 Å². The molecule has 0 radical (unpaired) electrons. The molecule has 20 heavy (non-hydrogen) atoms. The predicted octanol–water partition coefficient (Wildman–Crippen LogP) is 1.63. The van der Waals surface area contributed by atoms with E-state index >= 15 is 0 Å². The highest BCUT2D eigenvalue weighted by Gasteiger charge is 2.33. The Bertz CT molecular complexity index is 519. The van der Waals surface area contributed by atoms with Crippen molar-refractivity contribution in [3.63, 3.8) is 0 Å². The maximum absolute atomic E-state index is 12.1. The molecule has 0 aliphatic heterocycles. The highest BCUT2D eigenvalue weighted by molar-refractivity contribution is 5.99. The van der Waals surface area contributed by atoms with Crippen molar-refractivity contribution < 1.29 is 24.5 Å². The largest absolute Gasteiger partial charge is 0.504 e. The predicted molar refractivity (Wildman–Crippen MR) is 73.0 cm³/mol. The minimum atomic E-state index is -1.13. The molecule has 0 saturated heterocycles. The van der Waals surface area contributed by atoms with Gasteiger partial charge in [-0.05, 0) is 17.5 Å². The Balaban J connectivity index is 3.05. The third-order valence-electron chi connectivity index (χ3n) is 2.85. The molecule has 3 N–H and O–H groups in total. The number of nitrogens with one attached hydrogen (secondary N) is 1. The smallest absolute Gasteiger partial charge is 0.326 e. The van der Waals surface area contributed by atoms with Crippen LogP contribution in [0.5, 0.6) is 11.5 Å². The van der Waals surface area contributed by atoms with Crippen LogP contribution in [0.3, 0.4) is 0 Å². The molecule has 0 spiro atoms. The van der Waals surface area contributed by atoms with Crippen molar-refractivity contribution in [3.05, 3.63) is 23.8 Å². The van der Waals surface area contributed by atoms with Gasteiger partial charge in [0.05, 0.1) is 12.7 Å². The number of aromatic hydroxyl groups is 1. The average Bonchev–Trinajstić information content (AvgIpc) is 2.34. The lowest BCUT2D eigenvalue weighted by Gasteiger charge is -2.27. The number of carbonyl (C=O) groups excluding carboxylic acids is 1. The molecule has 1 atom stereocenters. The van der Waals surface area contributed by atoms with E-state index in [4.69, 9.17) is 4.74 Å². The topological polar surface area (TPSA) is 95.9 Å². The zero-order chi connectivity index (χ0) is 15.5. The van der Waals surface area contributed by atoms with Crippen LogP contribution >= 0.6 is 0 Å². The fourth-order valence-electron chi connectivity index (χ4n) is 1.73. The highest BCUT2D eigenvalue weighted by atomic mass is 16.5. The van der Waals surface area contributed by atoms with E-state index in [1.165, 1.54) is 19.2 Å². The minimum absolute atomic E-state index is 0.0279. The molecule has 1 aromatic rings. The molecule has 0 heterocycles. The molecular formula is C14H19NO5. The maximum atomic E-state index is 12.1. The SMILES string of the molecule is COc1cccc(C(=O)N[C@H](C(=O)O)C(C)(C)C)c1O. The molecule has 1 amide bonds. The van der Waals surface area contributed by atoms with E-state index in [0.29, 0.717) is 0 Å². The number of phenolic OH excluding ortho intramolecular Hbond substituents is 1. The van der Waals surface area contributed by atoms with Crippen LogP contribution in [0.25, 0.3) is 0 Å². The van der Waals surface area contributed by atoms with Gasteiger partial charge >= 0.3 is 5.97 Å². The third-order valence-corrected chi connectivity index (χ3v) is 2.85. The lowest BCUT2D eigenvalue weighted by atomic mass is 9.86. The van der Waals surface area contributed by atoms with Gasteiger partial charge in [0, 0.05) is 0 Å². The fraction of sp³-hybridized carbons (Fsp3) is 0.429. The van der Waals surface area contributed by atoms with Crippen LogP contribution < -0.4 is 10.1 Å². The van der Waals surface area contributed by atoms with E-state index in [9.17, 15) is 19.8 Å². The highest BCUT2D eigenvalue weighted by Crippen LogP contribution is 2.29. The van der Waals surface area contributed by atoms with Crippen LogP contribution in [0.2, 0.25) is 0 Å². The number of ether oxygens (including phenoxy) is 1. The van der Waals surface area contributed by atoms with Crippen molar-refractivity contribution in [3.8, 4) is 11.5 Å². The Morgan fingerprint density at radius 1 is 1.30 bits per heavy atom. The lowest BCUT2D eigenvalue weighted by Crippen LogP contribution is -2.49. The maximum Gasteiger partial charge on any atom is 0.326 e. The number of methoxy groups -OCH3 is 1. The number of rotatable bonds is 4. The molecule has 1 aromatic carbocycles. The molecule has 0 aromatic heterocycles. The summed E-state index contributed by atoms with van der Waals surface area (Å²) in [5, 5.41) is 21.5. The summed E-state index contributed by atoms with van der Waals surface area (Å²) in [6, 6.07) is 3.38. The standard InChI is InChI=1S/C14H19NO5/c1-14(2,3)11(13(18)19)15-12(17)8-6-5-7-9(20-4)10(8)16/h5-7,11,16H,1-4H3,(H,15,17)(H,18,19)/t11-/m1/s1. The molecule has 6 heteroatoms. The molecule has 0 aliphatic carbocycles. The zero-order valence-electron chi connectivity index (χ0n) is 11.9. The number of carboxylic acids is 1. The number of benzene rings is 1. The van der Waals surface area contributed by atoms with Crippen LogP contribution in [0.4, 0.5) is 0 Å². The molecule has 0 saturated carbocycles. The lowest BCUT2D eigenvalue weighted by molar-refractivity contribution is -0.142. The van der Waals surface area contributed by atoms with Crippen molar-refractivity contribution in [1.82, 2.24) is 5.32 Å². The second kappa shape index (κ2) is 5.81. The summed E-state index contributed by atoms with van der Waals surface area (Å²) >= 11 is 0. The Labute approximate surface area is 117 Å². The van der Waals surface area contributed by atoms with Gasteiger partial charge in [-0.2, -0.15) is 0 Å². The number of hydrogen-bond donors (Lipinski definition) is 3. The third kappa shape index (κ3) is 3.40. The summed E-state index contributed by atoms with van der Waals surface area (Å²) in [7, 11) is 1.37. The quantitative estimate of drug-likeness (QED) is 0.779. The summed E-state index contributed by atoms with van der Waals surface area (Å²) in [4.78, 5) is 23.3. The van der Waals surface area contributed by atoms with Crippen LogP contribution in [0, 0.1) is 5.41 Å². The number of hydrogen-bond acceptors (Lipinski definition) is 4. The van der Waals surface area contributed by atoms with Crippen molar-refractivity contribution in [2.45, 2.75) is 26.8 Å². The molecule has 110 valence electrons. The fourth-order valence-corrected chi connectivity index (χ4v) is 1.73. The van der Waals surface area contributed by atoms with E-state index in [2.05, 4.69) is 5.32 Å². The first-order valence-electron chi connectivity index (χ1n) is 6.08. The summed E-state index contributed by atoms with van der Waals surface area (Å²) < 4.78 is 4.91. The number of amides is 1. The van der Waals surface area contributed by atoms with Gasteiger partial charge in [-0.15, -0.1) is 0 Å². The first-order chi connectivity index (χ1) is 9.18. The number of carboxylic acid groups (broad SMARTS) is 1. The van der Waals surface area contributed by atoms with Gasteiger partial charge in [0.2, 0.25) is 0 Å². The van der Waals surface area contributed by atoms with E-state index < -0.39 is 23.3 Å². The van der Waals surface area contributed by atoms with Crippen LogP contribution in [-0.2, 0) is 4.79 Å². The molecular weight excluding hydrogens is 262 g/mol. The number of aliphatic carboxylic acids is 1.